The number of carbonyl (C=O) groups is 1. The predicted molar refractivity (Wildman–Crippen MR) is 140 cm³/mol. The normalized spacial score (nSPS) is 16.0. The van der Waals surface area contributed by atoms with Crippen molar-refractivity contribution in [3.8, 4) is 0 Å². The Bertz CT molecular complexity index is 1300. The first-order chi connectivity index (χ1) is 17.8. The van der Waals surface area contributed by atoms with Crippen molar-refractivity contribution < 1.29 is 23.1 Å². The van der Waals surface area contributed by atoms with Crippen LogP contribution in [0.15, 0.2) is 48.8 Å². The molecule has 198 valence electrons. The first-order valence-electron chi connectivity index (χ1n) is 12.5. The smallest absolute Gasteiger partial charge is 0.404 e. The second-order valence-electron chi connectivity index (χ2n) is 9.33. The summed E-state index contributed by atoms with van der Waals surface area (Å²) in [6.45, 7) is 3.10. The first-order valence-corrected chi connectivity index (χ1v) is 14.1. The minimum absolute atomic E-state index is 0.0440. The lowest BCUT2D eigenvalue weighted by Gasteiger charge is -2.32. The molecule has 4 rings (SSSR count). The summed E-state index contributed by atoms with van der Waals surface area (Å²) in [6.07, 6.45) is 4.69. The van der Waals surface area contributed by atoms with E-state index in [1.54, 1.807) is 18.5 Å². The van der Waals surface area contributed by atoms with Gasteiger partial charge in [0.05, 0.1) is 24.0 Å². The molecule has 10 nitrogen and oxygen atoms in total. The summed E-state index contributed by atoms with van der Waals surface area (Å²) in [5, 5.41) is 12.6. The van der Waals surface area contributed by atoms with E-state index in [0.717, 1.165) is 22.2 Å². The molecule has 3 aromatic rings. The van der Waals surface area contributed by atoms with Gasteiger partial charge in [0.2, 0.25) is 10.0 Å². The zero-order valence-corrected chi connectivity index (χ0v) is 21.7. The summed E-state index contributed by atoms with van der Waals surface area (Å²) in [7, 11) is -3.64. The maximum atomic E-state index is 13.1. The van der Waals surface area contributed by atoms with E-state index < -0.39 is 22.2 Å². The van der Waals surface area contributed by atoms with Gasteiger partial charge in [0.1, 0.15) is 5.82 Å². The number of carboxylic acid groups (broad SMARTS) is 1. The van der Waals surface area contributed by atoms with Gasteiger partial charge in [-0.1, -0.05) is 18.2 Å². The third-order valence-corrected chi connectivity index (χ3v) is 8.49. The Balaban J connectivity index is 1.28. The van der Waals surface area contributed by atoms with Crippen LogP contribution >= 0.6 is 0 Å². The molecule has 1 aliphatic heterocycles. The fraction of sp³-hybridized carbons (Fsp3) is 0.462. The molecule has 0 radical (unpaired) electrons. The summed E-state index contributed by atoms with van der Waals surface area (Å²) in [5.41, 5.74) is 2.93. The molecule has 0 aliphatic carbocycles. The van der Waals surface area contributed by atoms with E-state index in [9.17, 15) is 18.3 Å². The van der Waals surface area contributed by atoms with Gasteiger partial charge in [-0.05, 0) is 56.4 Å². The van der Waals surface area contributed by atoms with Crippen molar-refractivity contribution in [2.24, 2.45) is 0 Å². The Labute approximate surface area is 217 Å². The van der Waals surface area contributed by atoms with Crippen LogP contribution in [0.3, 0.4) is 0 Å². The van der Waals surface area contributed by atoms with Gasteiger partial charge in [-0.3, -0.25) is 4.98 Å². The molecule has 0 saturated carbocycles. The topological polar surface area (TPSA) is 135 Å². The third-order valence-electron chi connectivity index (χ3n) is 6.51. The highest BCUT2D eigenvalue weighted by Gasteiger charge is 2.31. The lowest BCUT2D eigenvalue weighted by molar-refractivity contribution is 0.0107. The number of sulfonamides is 1. The minimum Gasteiger partial charge on any atom is -0.465 e. The van der Waals surface area contributed by atoms with Gasteiger partial charge in [0.25, 0.3) is 0 Å². The largest absolute Gasteiger partial charge is 0.465 e. The minimum atomic E-state index is -3.64. The molecule has 11 heteroatoms. The highest BCUT2D eigenvalue weighted by atomic mass is 32.2. The summed E-state index contributed by atoms with van der Waals surface area (Å²) in [4.78, 5) is 24.2. The van der Waals surface area contributed by atoms with Crippen LogP contribution in [0.4, 0.5) is 4.79 Å². The number of aromatic nitrogens is 3. The maximum Gasteiger partial charge on any atom is 0.404 e. The number of rotatable bonds is 11. The zero-order valence-electron chi connectivity index (χ0n) is 20.9. The molecule has 3 heterocycles. The quantitative estimate of drug-likeness (QED) is 0.388. The monoisotopic (exact) mass is 527 g/mol. The summed E-state index contributed by atoms with van der Waals surface area (Å²) in [5.74, 6) is 0.374. The average molecular weight is 528 g/mol. The molecule has 1 aliphatic rings. The van der Waals surface area contributed by atoms with Gasteiger partial charge >= 0.3 is 6.09 Å². The maximum absolute atomic E-state index is 13.1. The van der Waals surface area contributed by atoms with E-state index in [1.165, 1.54) is 4.31 Å². The summed E-state index contributed by atoms with van der Waals surface area (Å²) >= 11 is 0. The van der Waals surface area contributed by atoms with E-state index in [1.807, 2.05) is 37.3 Å². The van der Waals surface area contributed by atoms with Crippen molar-refractivity contribution in [3.05, 3.63) is 65.9 Å². The average Bonchev–Trinajstić information content (AvgIpc) is 2.87. The molecule has 1 atom stereocenters. The Morgan fingerprint density at radius 2 is 1.92 bits per heavy atom. The Morgan fingerprint density at radius 3 is 2.65 bits per heavy atom. The van der Waals surface area contributed by atoms with Crippen LogP contribution in [0.5, 0.6) is 0 Å². The number of amides is 1. The number of nitrogens with zero attached hydrogens (tertiary/aromatic N) is 4. The molecule has 2 aromatic heterocycles. The van der Waals surface area contributed by atoms with E-state index in [2.05, 4.69) is 20.3 Å². The van der Waals surface area contributed by atoms with Crippen molar-refractivity contribution in [2.45, 2.75) is 57.8 Å². The van der Waals surface area contributed by atoms with Gasteiger partial charge in [-0.15, -0.1) is 0 Å². The molecule has 1 unspecified atom stereocenters. The number of hydrogen-bond donors (Lipinski definition) is 2. The molecule has 1 saturated heterocycles. The molecule has 0 spiro atoms. The fourth-order valence-corrected chi connectivity index (χ4v) is 6.43. The summed E-state index contributed by atoms with van der Waals surface area (Å²) in [6, 6.07) is 11.0. The Hall–Kier alpha value is -3.15. The van der Waals surface area contributed by atoms with E-state index in [4.69, 9.17) is 4.74 Å². The predicted octanol–water partition coefficient (Wildman–Crippen LogP) is 3.30. The highest BCUT2D eigenvalue weighted by Crippen LogP contribution is 2.23. The van der Waals surface area contributed by atoms with Crippen LogP contribution in [0.25, 0.3) is 10.9 Å². The van der Waals surface area contributed by atoms with Crippen LogP contribution in [0, 0.1) is 6.92 Å². The number of ether oxygens (including phenoxy) is 1. The lowest BCUT2D eigenvalue weighted by atomic mass is 10.1. The number of nitrogens with one attached hydrogen (secondary N) is 1. The van der Waals surface area contributed by atoms with Crippen LogP contribution in [0.2, 0.25) is 0 Å². The first kappa shape index (κ1) is 26.9. The van der Waals surface area contributed by atoms with Gasteiger partial charge < -0.3 is 15.2 Å². The van der Waals surface area contributed by atoms with Gasteiger partial charge in [0, 0.05) is 49.0 Å². The molecule has 37 heavy (non-hydrogen) atoms. The number of piperidine rings is 1. The third kappa shape index (κ3) is 7.67. The second kappa shape index (κ2) is 12.4. The molecule has 0 bridgehead atoms. The van der Waals surface area contributed by atoms with Crippen molar-refractivity contribution in [3.63, 3.8) is 0 Å². The number of hydrogen-bond acceptors (Lipinski definition) is 7. The molecule has 1 fully saturated rings. The molecular formula is C26H33N5O5S. The van der Waals surface area contributed by atoms with Crippen molar-refractivity contribution in [1.29, 1.82) is 0 Å². The van der Waals surface area contributed by atoms with Gasteiger partial charge in [-0.2, -0.15) is 0 Å². The van der Waals surface area contributed by atoms with Gasteiger partial charge in [-0.25, -0.2) is 27.5 Å². The van der Waals surface area contributed by atoms with E-state index >= 15 is 0 Å². The van der Waals surface area contributed by atoms with Crippen LogP contribution in [0.1, 0.15) is 42.8 Å². The molecule has 1 amide bonds. The Kier molecular flexibility index (Phi) is 9.01. The number of benzene rings is 1. The zero-order chi connectivity index (χ0) is 26.3. The van der Waals surface area contributed by atoms with Crippen LogP contribution in [-0.4, -0.2) is 69.9 Å². The number of fused-ring (bicyclic) bond motifs is 1. The highest BCUT2D eigenvalue weighted by molar-refractivity contribution is 7.89. The molecule has 2 N–H and O–H groups in total. The number of para-hydroxylation sites is 1. The van der Waals surface area contributed by atoms with Crippen molar-refractivity contribution in [2.75, 3.05) is 18.8 Å². The van der Waals surface area contributed by atoms with E-state index in [-0.39, 0.29) is 11.9 Å². The fourth-order valence-electron chi connectivity index (χ4n) is 4.70. The van der Waals surface area contributed by atoms with Crippen molar-refractivity contribution in [1.82, 2.24) is 24.6 Å². The molecule has 1 aromatic carbocycles. The molecular weight excluding hydrogens is 494 g/mol. The number of pyridine rings is 1. The standard InChI is InChI=1S/C26H33N5O5S/c1-19-16-20(23-7-2-3-8-24(23)29-19)17-36-22-10-14-31(15-11-22)37(34,35)18-21(30-26(32)33)6-4-9-25-27-12-5-13-28-25/h2-3,5,7-8,12-13,16,21-22,30H,4,6,9-11,14-15,17-18H2,1H3,(H,32,33). The SMILES string of the molecule is Cc1cc(COC2CCN(S(=O)(=O)CC(CCCc3ncccn3)NC(=O)O)CC2)c2ccccc2n1. The Morgan fingerprint density at radius 1 is 1.19 bits per heavy atom. The van der Waals surface area contributed by atoms with Crippen LogP contribution in [-0.2, 0) is 27.8 Å². The lowest BCUT2D eigenvalue weighted by Crippen LogP contribution is -2.47. The second-order valence-corrected chi connectivity index (χ2v) is 11.3. The summed E-state index contributed by atoms with van der Waals surface area (Å²) < 4.78 is 33.8. The van der Waals surface area contributed by atoms with E-state index in [0.29, 0.717) is 57.6 Å². The van der Waals surface area contributed by atoms with Crippen molar-refractivity contribution >= 4 is 27.0 Å². The van der Waals surface area contributed by atoms with Crippen LogP contribution < -0.4 is 5.32 Å². The number of aryl methyl sites for hydroxylation is 2. The van der Waals surface area contributed by atoms with Gasteiger partial charge in [0.15, 0.2) is 0 Å².